The second-order valence-corrected chi connectivity index (χ2v) is 5.02. The Morgan fingerprint density at radius 2 is 2.20 bits per heavy atom. The topological polar surface area (TPSA) is 47.4 Å². The Hall–Kier alpha value is -2.14. The molecule has 0 radical (unpaired) electrons. The zero-order chi connectivity index (χ0) is 13.9. The normalized spacial score (nSPS) is 18.5. The SMILES string of the molecule is CN(Cc1cnn(-c2ccccc2)c1)[C@H]1CCOC1=O. The molecule has 0 N–H and O–H groups in total. The molecule has 104 valence electrons. The summed E-state index contributed by atoms with van der Waals surface area (Å²) in [6.07, 6.45) is 4.60. The fourth-order valence-electron chi connectivity index (χ4n) is 2.45. The van der Waals surface area contributed by atoms with E-state index in [2.05, 4.69) is 5.10 Å². The molecule has 1 atom stereocenters. The molecule has 0 bridgehead atoms. The number of carbonyl (C=O) groups excluding carboxylic acids is 1. The monoisotopic (exact) mass is 271 g/mol. The third-order valence-corrected chi connectivity index (χ3v) is 3.53. The van der Waals surface area contributed by atoms with E-state index in [0.29, 0.717) is 13.2 Å². The van der Waals surface area contributed by atoms with E-state index in [4.69, 9.17) is 4.74 Å². The predicted octanol–water partition coefficient (Wildman–Crippen LogP) is 1.62. The minimum absolute atomic E-state index is 0.122. The highest BCUT2D eigenvalue weighted by Gasteiger charge is 2.30. The second-order valence-electron chi connectivity index (χ2n) is 5.02. The van der Waals surface area contributed by atoms with Gasteiger partial charge in [-0.1, -0.05) is 18.2 Å². The van der Waals surface area contributed by atoms with Gasteiger partial charge < -0.3 is 4.74 Å². The van der Waals surface area contributed by atoms with Crippen LogP contribution in [0.15, 0.2) is 42.7 Å². The summed E-state index contributed by atoms with van der Waals surface area (Å²) in [5, 5.41) is 4.36. The molecule has 0 spiro atoms. The Morgan fingerprint density at radius 1 is 1.40 bits per heavy atom. The molecule has 0 aliphatic carbocycles. The van der Waals surface area contributed by atoms with Crippen LogP contribution in [0.1, 0.15) is 12.0 Å². The van der Waals surface area contributed by atoms with E-state index in [9.17, 15) is 4.79 Å². The van der Waals surface area contributed by atoms with Crippen molar-refractivity contribution >= 4 is 5.97 Å². The number of carbonyl (C=O) groups is 1. The molecular weight excluding hydrogens is 254 g/mol. The summed E-state index contributed by atoms with van der Waals surface area (Å²) in [5.41, 5.74) is 2.11. The van der Waals surface area contributed by atoms with Gasteiger partial charge >= 0.3 is 5.97 Å². The van der Waals surface area contributed by atoms with Crippen LogP contribution in [0.5, 0.6) is 0 Å². The van der Waals surface area contributed by atoms with Crippen molar-refractivity contribution in [3.63, 3.8) is 0 Å². The minimum Gasteiger partial charge on any atom is -0.464 e. The molecule has 0 unspecified atom stereocenters. The average molecular weight is 271 g/mol. The van der Waals surface area contributed by atoms with E-state index in [0.717, 1.165) is 17.7 Å². The third kappa shape index (κ3) is 2.58. The van der Waals surface area contributed by atoms with Crippen molar-refractivity contribution in [1.29, 1.82) is 0 Å². The Bertz CT molecular complexity index is 594. The smallest absolute Gasteiger partial charge is 0.323 e. The van der Waals surface area contributed by atoms with Crippen LogP contribution in [0.2, 0.25) is 0 Å². The van der Waals surface area contributed by atoms with Crippen molar-refractivity contribution in [3.05, 3.63) is 48.3 Å². The molecule has 5 heteroatoms. The largest absolute Gasteiger partial charge is 0.464 e. The molecule has 1 aliphatic rings. The van der Waals surface area contributed by atoms with Crippen molar-refractivity contribution in [3.8, 4) is 5.69 Å². The summed E-state index contributed by atoms with van der Waals surface area (Å²) >= 11 is 0. The molecule has 2 heterocycles. The number of hydrogen-bond acceptors (Lipinski definition) is 4. The van der Waals surface area contributed by atoms with Gasteiger partial charge in [0.1, 0.15) is 6.04 Å². The number of cyclic esters (lactones) is 1. The zero-order valence-corrected chi connectivity index (χ0v) is 11.4. The molecule has 1 aromatic carbocycles. The Balaban J connectivity index is 1.70. The predicted molar refractivity (Wildman–Crippen MR) is 74.4 cm³/mol. The maximum atomic E-state index is 11.5. The Labute approximate surface area is 117 Å². The number of benzene rings is 1. The highest BCUT2D eigenvalue weighted by Crippen LogP contribution is 2.16. The fraction of sp³-hybridized carbons (Fsp3) is 0.333. The first-order valence-electron chi connectivity index (χ1n) is 6.70. The van der Waals surface area contributed by atoms with Gasteiger partial charge in [0.05, 0.1) is 18.5 Å². The molecule has 1 fully saturated rings. The van der Waals surface area contributed by atoms with E-state index in [1.54, 1.807) is 0 Å². The molecule has 1 aromatic heterocycles. The number of ether oxygens (including phenoxy) is 1. The second kappa shape index (κ2) is 5.46. The van der Waals surface area contributed by atoms with Gasteiger partial charge in [-0.05, 0) is 19.2 Å². The van der Waals surface area contributed by atoms with Crippen LogP contribution < -0.4 is 0 Å². The lowest BCUT2D eigenvalue weighted by atomic mass is 10.2. The summed E-state index contributed by atoms with van der Waals surface area (Å²) in [6, 6.07) is 9.83. The van der Waals surface area contributed by atoms with Gasteiger partial charge in [-0.2, -0.15) is 5.10 Å². The van der Waals surface area contributed by atoms with E-state index in [1.807, 2.05) is 59.4 Å². The van der Waals surface area contributed by atoms with Crippen LogP contribution in [0.25, 0.3) is 5.69 Å². The lowest BCUT2D eigenvalue weighted by molar-refractivity contribution is -0.142. The summed E-state index contributed by atoms with van der Waals surface area (Å²) in [6.45, 7) is 1.21. The van der Waals surface area contributed by atoms with Crippen LogP contribution in [-0.4, -0.2) is 40.3 Å². The standard InChI is InChI=1S/C15H17N3O2/c1-17(14-7-8-20-15(14)19)10-12-9-16-18(11-12)13-5-3-2-4-6-13/h2-6,9,11,14H,7-8,10H2,1H3/t14-/m0/s1. The highest BCUT2D eigenvalue weighted by molar-refractivity contribution is 5.77. The van der Waals surface area contributed by atoms with Gasteiger partial charge in [0.15, 0.2) is 0 Å². The summed E-state index contributed by atoms with van der Waals surface area (Å²) in [7, 11) is 1.94. The summed E-state index contributed by atoms with van der Waals surface area (Å²) in [4.78, 5) is 13.6. The van der Waals surface area contributed by atoms with Crippen LogP contribution >= 0.6 is 0 Å². The lowest BCUT2D eigenvalue weighted by Gasteiger charge is -2.19. The fourth-order valence-corrected chi connectivity index (χ4v) is 2.45. The highest BCUT2D eigenvalue weighted by atomic mass is 16.5. The summed E-state index contributed by atoms with van der Waals surface area (Å²) in [5.74, 6) is -0.122. The van der Waals surface area contributed by atoms with Crippen LogP contribution in [0.4, 0.5) is 0 Å². The van der Waals surface area contributed by atoms with E-state index in [-0.39, 0.29) is 12.0 Å². The van der Waals surface area contributed by atoms with Crippen LogP contribution in [0, 0.1) is 0 Å². The number of likely N-dealkylation sites (N-methyl/N-ethyl adjacent to an activating group) is 1. The van der Waals surface area contributed by atoms with Crippen molar-refractivity contribution in [2.75, 3.05) is 13.7 Å². The molecule has 1 aliphatic heterocycles. The van der Waals surface area contributed by atoms with Crippen molar-refractivity contribution in [2.45, 2.75) is 19.0 Å². The quantitative estimate of drug-likeness (QED) is 0.793. The number of hydrogen-bond donors (Lipinski definition) is 0. The molecule has 1 saturated heterocycles. The minimum atomic E-state index is -0.130. The first-order chi connectivity index (χ1) is 9.74. The lowest BCUT2D eigenvalue weighted by Crippen LogP contribution is -2.34. The van der Waals surface area contributed by atoms with Crippen molar-refractivity contribution in [1.82, 2.24) is 14.7 Å². The van der Waals surface area contributed by atoms with Crippen LogP contribution in [0.3, 0.4) is 0 Å². The van der Waals surface area contributed by atoms with Gasteiger partial charge in [-0.25, -0.2) is 4.68 Å². The average Bonchev–Trinajstić information content (AvgIpc) is 3.09. The Kier molecular flexibility index (Phi) is 3.52. The number of rotatable bonds is 4. The molecule has 5 nitrogen and oxygen atoms in total. The van der Waals surface area contributed by atoms with Gasteiger partial charge in [0, 0.05) is 24.7 Å². The van der Waals surface area contributed by atoms with Crippen molar-refractivity contribution < 1.29 is 9.53 Å². The van der Waals surface area contributed by atoms with E-state index in [1.165, 1.54) is 0 Å². The molecule has 2 aromatic rings. The maximum absolute atomic E-state index is 11.5. The first-order valence-corrected chi connectivity index (χ1v) is 6.70. The van der Waals surface area contributed by atoms with Gasteiger partial charge in [0.2, 0.25) is 0 Å². The van der Waals surface area contributed by atoms with Gasteiger partial charge in [0.25, 0.3) is 0 Å². The molecule has 3 rings (SSSR count). The van der Waals surface area contributed by atoms with Crippen molar-refractivity contribution in [2.24, 2.45) is 0 Å². The molecular formula is C15H17N3O2. The number of nitrogens with zero attached hydrogens (tertiary/aromatic N) is 3. The zero-order valence-electron chi connectivity index (χ0n) is 11.4. The van der Waals surface area contributed by atoms with Crippen LogP contribution in [-0.2, 0) is 16.1 Å². The molecule has 0 saturated carbocycles. The number of esters is 1. The van der Waals surface area contributed by atoms with Gasteiger partial charge in [-0.3, -0.25) is 9.69 Å². The molecule has 20 heavy (non-hydrogen) atoms. The van der Waals surface area contributed by atoms with E-state index < -0.39 is 0 Å². The van der Waals surface area contributed by atoms with E-state index >= 15 is 0 Å². The first kappa shape index (κ1) is 12.9. The van der Waals surface area contributed by atoms with Gasteiger partial charge in [-0.15, -0.1) is 0 Å². The number of para-hydroxylation sites is 1. The third-order valence-electron chi connectivity index (χ3n) is 3.53. The molecule has 0 amide bonds. The summed E-state index contributed by atoms with van der Waals surface area (Å²) < 4.78 is 6.84. The number of aromatic nitrogens is 2. The Morgan fingerprint density at radius 3 is 2.90 bits per heavy atom. The maximum Gasteiger partial charge on any atom is 0.323 e.